The molecule has 0 aromatic heterocycles. The minimum Gasteiger partial charge on any atom is -0.508 e. The van der Waals surface area contributed by atoms with Crippen LogP contribution in [-0.4, -0.2) is 79.5 Å². The number of hydrogen-bond donors (Lipinski definition) is 5. The maximum Gasteiger partial charge on any atom is 0.255 e. The van der Waals surface area contributed by atoms with Crippen molar-refractivity contribution < 1.29 is 34.8 Å². The van der Waals surface area contributed by atoms with Gasteiger partial charge in [0.1, 0.15) is 22.8 Å². The third-order valence-electron chi connectivity index (χ3n) is 9.83. The number of aliphatic hydroxyl groups is 3. The van der Waals surface area contributed by atoms with Crippen molar-refractivity contribution in [3.63, 3.8) is 0 Å². The minimum absolute atomic E-state index is 0.00507. The van der Waals surface area contributed by atoms with Gasteiger partial charge >= 0.3 is 0 Å². The van der Waals surface area contributed by atoms with Crippen LogP contribution in [0, 0.1) is 11.8 Å². The van der Waals surface area contributed by atoms with Gasteiger partial charge in [-0.15, -0.1) is 0 Å². The van der Waals surface area contributed by atoms with Gasteiger partial charge in [0.25, 0.3) is 5.91 Å². The molecule has 6 N–H and O–H groups in total. The molecule has 1 saturated carbocycles. The van der Waals surface area contributed by atoms with E-state index in [1.807, 2.05) is 19.1 Å². The Labute approximate surface area is 260 Å². The van der Waals surface area contributed by atoms with E-state index >= 15 is 0 Å². The second kappa shape index (κ2) is 11.0. The van der Waals surface area contributed by atoms with Crippen molar-refractivity contribution in [2.75, 3.05) is 20.1 Å². The summed E-state index contributed by atoms with van der Waals surface area (Å²) in [6.07, 6.45) is 1.70. The summed E-state index contributed by atoms with van der Waals surface area (Å²) in [4.78, 5) is 43.8. The number of benzene rings is 2. The Morgan fingerprint density at radius 2 is 1.89 bits per heavy atom. The number of phenols is 1. The molecule has 1 fully saturated rings. The minimum atomic E-state index is -2.67. The average Bonchev–Trinajstić information content (AvgIpc) is 2.97. The second-order valence-electron chi connectivity index (χ2n) is 12.4. The molecule has 232 valence electrons. The van der Waals surface area contributed by atoms with Crippen LogP contribution in [0.3, 0.4) is 0 Å². The first-order chi connectivity index (χ1) is 20.9. The Kier molecular flexibility index (Phi) is 7.60. The lowest BCUT2D eigenvalue weighted by atomic mass is 9.57. The highest BCUT2D eigenvalue weighted by Crippen LogP contribution is 2.54. The molecule has 3 aliphatic carbocycles. The van der Waals surface area contributed by atoms with Crippen molar-refractivity contribution in [3.8, 4) is 5.75 Å². The predicted molar refractivity (Wildman–Crippen MR) is 163 cm³/mol. The number of ketones is 2. The van der Waals surface area contributed by atoms with Gasteiger partial charge in [-0.3, -0.25) is 24.2 Å². The Morgan fingerprint density at radius 1 is 1.18 bits per heavy atom. The smallest absolute Gasteiger partial charge is 0.255 e. The number of rotatable bonds is 6. The number of nitrogens with zero attached hydrogens (tertiary/aromatic N) is 2. The standard InChI is InChI=1S/C33H36ClN3O7/c1-3-9-36(2)27-21-12-18-11-20-24(28(39)23(18)30(41)33(21,44)31(42)25(29(27)40)32(35)43)22(38)13-19(26(20)34)15-37-10-8-16-6-4-5-7-17(16)14-37/h4-7,13,18,21,27,38-39,42,44H,3,8-12,14-15H2,1-2H3,(H2,35,43)/t18-,21-,27?,33-/m0/s1. The zero-order valence-electron chi connectivity index (χ0n) is 24.6. The SMILES string of the molecule is CCCN(C)C1C(=O)C(C(N)=O)=C(O)[C@@]2(O)C(=O)C3=C(O)c4c(O)cc(CN5CCc6ccccc6C5)c(Cl)c4C[C@H]3C[C@@H]12. The highest BCUT2D eigenvalue weighted by Gasteiger charge is 2.64. The molecule has 0 radical (unpaired) electrons. The molecule has 1 aliphatic heterocycles. The van der Waals surface area contributed by atoms with Crippen molar-refractivity contribution in [3.05, 3.63) is 80.1 Å². The molecule has 1 amide bonds. The number of fused-ring (bicyclic) bond motifs is 4. The lowest BCUT2D eigenvalue weighted by Gasteiger charge is -2.50. The van der Waals surface area contributed by atoms with Crippen LogP contribution in [0.25, 0.3) is 5.76 Å². The fourth-order valence-electron chi connectivity index (χ4n) is 7.80. The number of aliphatic hydroxyl groups excluding tert-OH is 2. The van der Waals surface area contributed by atoms with Gasteiger partial charge in [0.05, 0.1) is 11.6 Å². The van der Waals surface area contributed by atoms with Crippen LogP contribution in [0.15, 0.2) is 47.2 Å². The fourth-order valence-corrected chi connectivity index (χ4v) is 8.08. The maximum absolute atomic E-state index is 14.1. The van der Waals surface area contributed by atoms with E-state index in [2.05, 4.69) is 17.0 Å². The Hall–Kier alpha value is -3.70. The van der Waals surface area contributed by atoms with Crippen molar-refractivity contribution in [1.82, 2.24) is 9.80 Å². The van der Waals surface area contributed by atoms with E-state index in [-0.39, 0.29) is 29.7 Å². The van der Waals surface area contributed by atoms with E-state index in [1.165, 1.54) is 17.2 Å². The third-order valence-corrected chi connectivity index (χ3v) is 10.3. The van der Waals surface area contributed by atoms with Crippen LogP contribution in [-0.2, 0) is 40.3 Å². The molecule has 1 heterocycles. The maximum atomic E-state index is 14.1. The fraction of sp³-hybridized carbons (Fsp3) is 0.424. The molecule has 11 heteroatoms. The van der Waals surface area contributed by atoms with Crippen molar-refractivity contribution in [2.24, 2.45) is 17.6 Å². The molecule has 44 heavy (non-hydrogen) atoms. The van der Waals surface area contributed by atoms with Gasteiger partial charge < -0.3 is 26.2 Å². The van der Waals surface area contributed by atoms with E-state index in [0.29, 0.717) is 35.7 Å². The monoisotopic (exact) mass is 621 g/mol. The van der Waals surface area contributed by atoms with E-state index < -0.39 is 58.0 Å². The molecule has 4 atom stereocenters. The Bertz CT molecular complexity index is 1670. The zero-order chi connectivity index (χ0) is 31.7. The number of aromatic hydroxyl groups is 1. The summed E-state index contributed by atoms with van der Waals surface area (Å²) in [5.41, 5.74) is 5.44. The summed E-state index contributed by atoms with van der Waals surface area (Å²) < 4.78 is 0. The molecule has 6 rings (SSSR count). The number of nitrogens with two attached hydrogens (primary N) is 1. The van der Waals surface area contributed by atoms with Crippen LogP contribution >= 0.6 is 11.6 Å². The molecule has 2 aromatic rings. The molecule has 4 aliphatic rings. The first-order valence-corrected chi connectivity index (χ1v) is 15.3. The lowest BCUT2D eigenvalue weighted by Crippen LogP contribution is -2.66. The Morgan fingerprint density at radius 3 is 2.57 bits per heavy atom. The van der Waals surface area contributed by atoms with Crippen LogP contribution in [0.2, 0.25) is 5.02 Å². The number of carbonyl (C=O) groups excluding carboxylic acids is 3. The summed E-state index contributed by atoms with van der Waals surface area (Å²) in [5, 5.41) is 46.0. The van der Waals surface area contributed by atoms with E-state index in [1.54, 1.807) is 11.9 Å². The largest absolute Gasteiger partial charge is 0.508 e. The number of amides is 1. The highest BCUT2D eigenvalue weighted by atomic mass is 35.5. The van der Waals surface area contributed by atoms with Crippen LogP contribution in [0.5, 0.6) is 5.75 Å². The van der Waals surface area contributed by atoms with Crippen molar-refractivity contribution >= 4 is 34.8 Å². The quantitative estimate of drug-likeness (QED) is 0.305. The topological polar surface area (TPSA) is 165 Å². The zero-order valence-corrected chi connectivity index (χ0v) is 25.4. The number of likely N-dealkylation sites (N-methyl/N-ethyl adjacent to an activating group) is 1. The molecular weight excluding hydrogens is 586 g/mol. The van der Waals surface area contributed by atoms with Crippen LogP contribution in [0.1, 0.15) is 47.6 Å². The number of phenolic OH excluding ortho intramolecular Hbond substituents is 1. The molecule has 1 unspecified atom stereocenters. The summed E-state index contributed by atoms with van der Waals surface area (Å²) in [5.74, 6) is -6.78. The highest BCUT2D eigenvalue weighted by molar-refractivity contribution is 6.32. The summed E-state index contributed by atoms with van der Waals surface area (Å²) in [6.45, 7) is 4.31. The number of carbonyl (C=O) groups is 3. The van der Waals surface area contributed by atoms with Crippen LogP contribution in [0.4, 0.5) is 0 Å². The summed E-state index contributed by atoms with van der Waals surface area (Å²) in [7, 11) is 1.65. The molecule has 0 bridgehead atoms. The molecule has 0 saturated heterocycles. The molecule has 10 nitrogen and oxygen atoms in total. The first kappa shape index (κ1) is 30.3. The lowest BCUT2D eigenvalue weighted by molar-refractivity contribution is -0.154. The van der Waals surface area contributed by atoms with Gasteiger partial charge in [-0.25, -0.2) is 0 Å². The third kappa shape index (κ3) is 4.46. The second-order valence-corrected chi connectivity index (χ2v) is 12.8. The van der Waals surface area contributed by atoms with Gasteiger partial charge in [-0.2, -0.15) is 0 Å². The predicted octanol–water partition coefficient (Wildman–Crippen LogP) is 2.96. The van der Waals surface area contributed by atoms with Crippen molar-refractivity contribution in [1.29, 1.82) is 0 Å². The molecule has 2 aromatic carbocycles. The first-order valence-electron chi connectivity index (χ1n) is 14.9. The van der Waals surface area contributed by atoms with E-state index in [0.717, 1.165) is 19.5 Å². The number of hydrogen-bond acceptors (Lipinski definition) is 9. The number of halogens is 1. The van der Waals surface area contributed by atoms with E-state index in [4.69, 9.17) is 17.3 Å². The van der Waals surface area contributed by atoms with E-state index in [9.17, 15) is 34.8 Å². The van der Waals surface area contributed by atoms with Gasteiger partial charge in [0.15, 0.2) is 11.4 Å². The van der Waals surface area contributed by atoms with Gasteiger partial charge in [-0.05, 0) is 73.5 Å². The molecular formula is C33H36ClN3O7. The normalized spacial score (nSPS) is 26.8. The summed E-state index contributed by atoms with van der Waals surface area (Å²) in [6, 6.07) is 8.62. The van der Waals surface area contributed by atoms with Crippen molar-refractivity contribution in [2.45, 2.75) is 57.3 Å². The van der Waals surface area contributed by atoms with Gasteiger partial charge in [0, 0.05) is 36.1 Å². The summed E-state index contributed by atoms with van der Waals surface area (Å²) >= 11 is 6.97. The number of Topliss-reactive ketones (excluding diaryl/α,β-unsaturated/α-hetero) is 2. The van der Waals surface area contributed by atoms with Crippen LogP contribution < -0.4 is 5.73 Å². The van der Waals surface area contributed by atoms with Gasteiger partial charge in [-0.1, -0.05) is 42.8 Å². The number of primary amides is 1. The Balaban J connectivity index is 1.41. The molecule has 0 spiro atoms. The average molecular weight is 622 g/mol. The van der Waals surface area contributed by atoms with Gasteiger partial charge in [0.2, 0.25) is 5.78 Å².